The van der Waals surface area contributed by atoms with E-state index in [4.69, 9.17) is 11.6 Å². The van der Waals surface area contributed by atoms with E-state index < -0.39 is 0 Å². The maximum Gasteiger partial charge on any atom is 0.0491 e. The molecule has 2 heteroatoms. The largest absolute Gasteiger partial charge is 0.147 e. The van der Waals surface area contributed by atoms with Gasteiger partial charge in [-0.25, -0.2) is 0 Å². The summed E-state index contributed by atoms with van der Waals surface area (Å²) >= 11 is 6.46. The van der Waals surface area contributed by atoms with E-state index in [1.54, 1.807) is 0 Å². The maximum atomic E-state index is 6.46. The Labute approximate surface area is 151 Å². The van der Waals surface area contributed by atoms with Crippen LogP contribution in [0, 0.1) is 6.07 Å². The molecule has 0 atom stereocenters. The predicted octanol–water partition coefficient (Wildman–Crippen LogP) is 7.17. The molecule has 0 heterocycles. The number of halogens is 2. The Morgan fingerprint density at radius 1 is 0.625 bits per heavy atom. The van der Waals surface area contributed by atoms with Crippen molar-refractivity contribution in [1.82, 2.24) is 0 Å². The zero-order valence-corrected chi connectivity index (χ0v) is 14.3. The van der Waals surface area contributed by atoms with Crippen molar-refractivity contribution in [2.45, 2.75) is 0 Å². The number of benzene rings is 5. The highest BCUT2D eigenvalue weighted by Crippen LogP contribution is 2.36. The standard InChI is InChI=1S/C22H12Cl.ClH/c23-21-7-3-5-15-9-11-19-18-10-8-14-4-1-2-6-16(14)17(18)12-13-20(19)22(15)21;/h1-4,6-13H;1H. The SMILES string of the molecule is Cl.Clc1cc[c]c2ccc3c4ccc5ccccc5c4ccc3c12. The van der Waals surface area contributed by atoms with Crippen molar-refractivity contribution >= 4 is 67.1 Å². The minimum atomic E-state index is 0. The van der Waals surface area contributed by atoms with Crippen molar-refractivity contribution in [1.29, 1.82) is 0 Å². The van der Waals surface area contributed by atoms with Crippen LogP contribution in [-0.2, 0) is 0 Å². The predicted molar refractivity (Wildman–Crippen MR) is 108 cm³/mol. The van der Waals surface area contributed by atoms with Crippen LogP contribution in [0.4, 0.5) is 0 Å². The van der Waals surface area contributed by atoms with Gasteiger partial charge in [0.15, 0.2) is 0 Å². The number of fused-ring (bicyclic) bond motifs is 7. The number of hydrogen-bond acceptors (Lipinski definition) is 0. The van der Waals surface area contributed by atoms with Gasteiger partial charge < -0.3 is 0 Å². The summed E-state index contributed by atoms with van der Waals surface area (Å²) in [6, 6.07) is 28.7. The van der Waals surface area contributed by atoms with Crippen molar-refractivity contribution in [3.8, 4) is 0 Å². The Morgan fingerprint density at radius 2 is 1.29 bits per heavy atom. The van der Waals surface area contributed by atoms with E-state index in [0.29, 0.717) is 0 Å². The lowest BCUT2D eigenvalue weighted by atomic mass is 9.94. The number of rotatable bonds is 0. The van der Waals surface area contributed by atoms with Crippen LogP contribution in [0.15, 0.2) is 72.8 Å². The topological polar surface area (TPSA) is 0 Å². The molecule has 1 radical (unpaired) electrons. The molecular formula is C22H13Cl2. The van der Waals surface area contributed by atoms with E-state index >= 15 is 0 Å². The summed E-state index contributed by atoms with van der Waals surface area (Å²) in [6.07, 6.45) is 0. The molecule has 0 saturated heterocycles. The van der Waals surface area contributed by atoms with E-state index in [9.17, 15) is 0 Å². The van der Waals surface area contributed by atoms with Crippen LogP contribution in [0.1, 0.15) is 0 Å². The molecule has 0 amide bonds. The van der Waals surface area contributed by atoms with Crippen LogP contribution in [-0.4, -0.2) is 0 Å². The lowest BCUT2D eigenvalue weighted by Crippen LogP contribution is -1.83. The van der Waals surface area contributed by atoms with E-state index in [0.717, 1.165) is 15.8 Å². The lowest BCUT2D eigenvalue weighted by Gasteiger charge is -2.10. The molecule has 0 aliphatic rings. The van der Waals surface area contributed by atoms with E-state index in [1.807, 2.05) is 12.1 Å². The summed E-state index contributed by atoms with van der Waals surface area (Å²) < 4.78 is 0. The second kappa shape index (κ2) is 5.66. The van der Waals surface area contributed by atoms with Crippen LogP contribution >= 0.6 is 24.0 Å². The average Bonchev–Trinajstić information content (AvgIpc) is 2.61. The molecule has 0 aliphatic heterocycles. The Balaban J connectivity index is 0.00000146. The molecule has 0 fully saturated rings. The highest BCUT2D eigenvalue weighted by atomic mass is 35.5. The Morgan fingerprint density at radius 3 is 2.21 bits per heavy atom. The van der Waals surface area contributed by atoms with Crippen LogP contribution in [0.25, 0.3) is 43.1 Å². The molecule has 0 N–H and O–H groups in total. The molecule has 0 nitrogen and oxygen atoms in total. The van der Waals surface area contributed by atoms with Crippen molar-refractivity contribution in [3.05, 3.63) is 83.9 Å². The van der Waals surface area contributed by atoms with Crippen LogP contribution in [0.3, 0.4) is 0 Å². The highest BCUT2D eigenvalue weighted by Gasteiger charge is 2.08. The van der Waals surface area contributed by atoms with Crippen molar-refractivity contribution in [2.24, 2.45) is 0 Å². The first kappa shape index (κ1) is 15.3. The smallest absolute Gasteiger partial charge is 0.0491 e. The second-order valence-corrected chi connectivity index (χ2v) is 6.26. The van der Waals surface area contributed by atoms with Crippen LogP contribution < -0.4 is 0 Å². The second-order valence-electron chi connectivity index (χ2n) is 5.86. The molecule has 0 unspecified atom stereocenters. The summed E-state index contributed by atoms with van der Waals surface area (Å²) in [5.41, 5.74) is 0. The molecule has 5 rings (SSSR count). The zero-order valence-electron chi connectivity index (χ0n) is 12.7. The van der Waals surface area contributed by atoms with Gasteiger partial charge in [0, 0.05) is 10.4 Å². The molecule has 5 aromatic rings. The van der Waals surface area contributed by atoms with Crippen molar-refractivity contribution < 1.29 is 0 Å². The maximum absolute atomic E-state index is 6.46. The summed E-state index contributed by atoms with van der Waals surface area (Å²) in [6.45, 7) is 0. The van der Waals surface area contributed by atoms with Crippen LogP contribution in [0.2, 0.25) is 5.02 Å². The fourth-order valence-electron chi connectivity index (χ4n) is 3.57. The summed E-state index contributed by atoms with van der Waals surface area (Å²) in [4.78, 5) is 0. The van der Waals surface area contributed by atoms with Gasteiger partial charge in [-0.05, 0) is 49.8 Å². The van der Waals surface area contributed by atoms with Gasteiger partial charge in [-0.1, -0.05) is 78.3 Å². The monoisotopic (exact) mass is 347 g/mol. The number of hydrogen-bond donors (Lipinski definition) is 0. The first-order valence-corrected chi connectivity index (χ1v) is 8.04. The van der Waals surface area contributed by atoms with Crippen LogP contribution in [0.5, 0.6) is 0 Å². The van der Waals surface area contributed by atoms with Gasteiger partial charge in [-0.3, -0.25) is 0 Å². The van der Waals surface area contributed by atoms with E-state index in [2.05, 4.69) is 66.7 Å². The Kier molecular flexibility index (Phi) is 3.60. The van der Waals surface area contributed by atoms with Gasteiger partial charge in [-0.15, -0.1) is 12.4 Å². The molecule has 24 heavy (non-hydrogen) atoms. The van der Waals surface area contributed by atoms with E-state index in [1.165, 1.54) is 32.3 Å². The Hall–Kier alpha value is -2.28. The van der Waals surface area contributed by atoms with Gasteiger partial charge >= 0.3 is 0 Å². The summed E-state index contributed by atoms with van der Waals surface area (Å²) in [5.74, 6) is 0. The summed E-state index contributed by atoms with van der Waals surface area (Å²) in [7, 11) is 0. The van der Waals surface area contributed by atoms with Gasteiger partial charge in [0.05, 0.1) is 0 Å². The molecule has 0 aromatic heterocycles. The molecule has 115 valence electrons. The minimum absolute atomic E-state index is 0. The zero-order chi connectivity index (χ0) is 15.4. The molecular weight excluding hydrogens is 335 g/mol. The third-order valence-corrected chi connectivity index (χ3v) is 4.95. The quantitative estimate of drug-likeness (QED) is 0.260. The third-order valence-electron chi connectivity index (χ3n) is 4.63. The first-order chi connectivity index (χ1) is 11.3. The van der Waals surface area contributed by atoms with Gasteiger partial charge in [0.1, 0.15) is 0 Å². The van der Waals surface area contributed by atoms with Gasteiger partial charge in [0.2, 0.25) is 0 Å². The normalized spacial score (nSPS) is 11.2. The van der Waals surface area contributed by atoms with Gasteiger partial charge in [-0.2, -0.15) is 0 Å². The minimum Gasteiger partial charge on any atom is -0.147 e. The molecule has 0 spiro atoms. The fraction of sp³-hybridized carbons (Fsp3) is 0. The highest BCUT2D eigenvalue weighted by molar-refractivity contribution is 6.38. The fourth-order valence-corrected chi connectivity index (χ4v) is 3.84. The summed E-state index contributed by atoms with van der Waals surface area (Å²) in [5, 5.41) is 10.5. The molecule has 5 aromatic carbocycles. The average molecular weight is 348 g/mol. The third kappa shape index (κ3) is 2.07. The molecule has 0 aliphatic carbocycles. The van der Waals surface area contributed by atoms with E-state index in [-0.39, 0.29) is 12.4 Å². The lowest BCUT2D eigenvalue weighted by molar-refractivity contribution is 1.77. The molecule has 0 bridgehead atoms. The van der Waals surface area contributed by atoms with Crippen molar-refractivity contribution in [3.63, 3.8) is 0 Å². The molecule has 0 saturated carbocycles. The Bertz CT molecular complexity index is 1220. The van der Waals surface area contributed by atoms with Gasteiger partial charge in [0.25, 0.3) is 0 Å². The van der Waals surface area contributed by atoms with Crippen molar-refractivity contribution in [2.75, 3.05) is 0 Å². The first-order valence-electron chi connectivity index (χ1n) is 7.66.